The van der Waals surface area contributed by atoms with Gasteiger partial charge in [0.25, 0.3) is 0 Å². The topological polar surface area (TPSA) is 64.2 Å². The molecule has 0 radical (unpaired) electrons. The number of hydrogen-bond acceptors (Lipinski definition) is 3. The van der Waals surface area contributed by atoms with Crippen LogP contribution >= 0.6 is 0 Å². The third-order valence-electron chi connectivity index (χ3n) is 2.50. The van der Waals surface area contributed by atoms with Crippen molar-refractivity contribution in [3.63, 3.8) is 0 Å². The number of allylic oxidation sites excluding steroid dienone is 3. The minimum Gasteiger partial charge on any atom is -0.390 e. The molecule has 0 spiro atoms. The van der Waals surface area contributed by atoms with Crippen molar-refractivity contribution in [2.45, 2.75) is 57.7 Å². The van der Waals surface area contributed by atoms with E-state index in [2.05, 4.69) is 18.2 Å². The van der Waals surface area contributed by atoms with Gasteiger partial charge in [0.15, 0.2) is 0 Å². The number of rotatable bonds is 9. The van der Waals surface area contributed by atoms with E-state index < -0.39 is 12.2 Å². The van der Waals surface area contributed by atoms with Gasteiger partial charge >= 0.3 is 0 Å². The molecule has 0 aliphatic carbocycles. The summed E-state index contributed by atoms with van der Waals surface area (Å²) in [6, 6.07) is 2.11. The molecule has 0 amide bonds. The van der Waals surface area contributed by atoms with Gasteiger partial charge in [-0.2, -0.15) is 5.26 Å². The van der Waals surface area contributed by atoms with Crippen molar-refractivity contribution in [1.82, 2.24) is 0 Å². The zero-order valence-corrected chi connectivity index (χ0v) is 10.5. The third kappa shape index (κ3) is 9.80. The van der Waals surface area contributed by atoms with Crippen molar-refractivity contribution in [2.24, 2.45) is 0 Å². The number of hydrogen-bond donors (Lipinski definition) is 2. The first kappa shape index (κ1) is 15.9. The molecule has 2 atom stereocenters. The Bertz CT molecular complexity index is 266. The Morgan fingerprint density at radius 3 is 2.47 bits per heavy atom. The molecular weight excluding hydrogens is 214 g/mol. The molecule has 0 aromatic rings. The van der Waals surface area contributed by atoms with Crippen LogP contribution in [0.5, 0.6) is 0 Å². The Kier molecular flexibility index (Phi) is 10.6. The summed E-state index contributed by atoms with van der Waals surface area (Å²) in [5, 5.41) is 27.1. The average Bonchev–Trinajstić information content (AvgIpc) is 2.35. The lowest BCUT2D eigenvalue weighted by atomic mass is 10.1. The van der Waals surface area contributed by atoms with Gasteiger partial charge in [-0.05, 0) is 32.1 Å². The number of unbranched alkanes of at least 4 members (excludes halogenated alkanes) is 2. The van der Waals surface area contributed by atoms with Crippen LogP contribution in [0.2, 0.25) is 0 Å². The number of aliphatic hydroxyl groups is 2. The molecule has 0 aromatic carbocycles. The van der Waals surface area contributed by atoms with Crippen molar-refractivity contribution in [3.8, 4) is 6.07 Å². The molecule has 0 unspecified atom stereocenters. The maximum absolute atomic E-state index is 9.47. The van der Waals surface area contributed by atoms with Crippen LogP contribution < -0.4 is 0 Å². The molecule has 3 nitrogen and oxygen atoms in total. The van der Waals surface area contributed by atoms with E-state index in [-0.39, 0.29) is 0 Å². The van der Waals surface area contributed by atoms with E-state index in [9.17, 15) is 10.2 Å². The minimum absolute atomic E-state index is 0.497. The molecule has 0 saturated heterocycles. The third-order valence-corrected chi connectivity index (χ3v) is 2.50. The summed E-state index contributed by atoms with van der Waals surface area (Å²) >= 11 is 0. The van der Waals surface area contributed by atoms with E-state index >= 15 is 0 Å². The van der Waals surface area contributed by atoms with Gasteiger partial charge in [-0.1, -0.05) is 31.2 Å². The Morgan fingerprint density at radius 1 is 1.12 bits per heavy atom. The lowest BCUT2D eigenvalue weighted by Crippen LogP contribution is -2.23. The SMILES string of the molecule is CC[C@@H](O)[C@H](O)C/C=C\C/C=C\CCCC#N. The second-order valence-electron chi connectivity index (χ2n) is 4.01. The van der Waals surface area contributed by atoms with Gasteiger partial charge in [-0.3, -0.25) is 0 Å². The lowest BCUT2D eigenvalue weighted by molar-refractivity contribution is 0.0197. The van der Waals surface area contributed by atoms with Crippen LogP contribution in [0.3, 0.4) is 0 Å². The maximum atomic E-state index is 9.47. The fourth-order valence-electron chi connectivity index (χ4n) is 1.35. The summed E-state index contributed by atoms with van der Waals surface area (Å²) in [6.07, 6.45) is 11.1. The summed E-state index contributed by atoms with van der Waals surface area (Å²) in [6.45, 7) is 1.85. The Labute approximate surface area is 104 Å². The predicted molar refractivity (Wildman–Crippen MR) is 69.3 cm³/mol. The molecule has 0 aliphatic rings. The van der Waals surface area contributed by atoms with E-state index in [4.69, 9.17) is 5.26 Å². The zero-order chi connectivity index (χ0) is 12.9. The summed E-state index contributed by atoms with van der Waals surface area (Å²) < 4.78 is 0. The highest BCUT2D eigenvalue weighted by molar-refractivity contribution is 4.94. The quantitative estimate of drug-likeness (QED) is 0.478. The van der Waals surface area contributed by atoms with Crippen LogP contribution in [0.15, 0.2) is 24.3 Å². The van der Waals surface area contributed by atoms with E-state index in [0.29, 0.717) is 19.3 Å². The molecule has 0 heterocycles. The van der Waals surface area contributed by atoms with Crippen molar-refractivity contribution < 1.29 is 10.2 Å². The molecule has 2 N–H and O–H groups in total. The molecule has 0 fully saturated rings. The van der Waals surface area contributed by atoms with Gasteiger partial charge in [-0.15, -0.1) is 0 Å². The number of nitriles is 1. The minimum atomic E-state index is -0.657. The Hall–Kier alpha value is -1.11. The smallest absolute Gasteiger partial charge is 0.0833 e. The summed E-state index contributed by atoms with van der Waals surface area (Å²) in [5.74, 6) is 0. The van der Waals surface area contributed by atoms with E-state index in [1.807, 2.05) is 19.1 Å². The lowest BCUT2D eigenvalue weighted by Gasteiger charge is -2.13. The number of aliphatic hydroxyl groups excluding tert-OH is 2. The molecule has 3 heteroatoms. The van der Waals surface area contributed by atoms with Crippen molar-refractivity contribution in [1.29, 1.82) is 5.26 Å². The van der Waals surface area contributed by atoms with Crippen LogP contribution in [0.4, 0.5) is 0 Å². The van der Waals surface area contributed by atoms with Crippen molar-refractivity contribution in [3.05, 3.63) is 24.3 Å². The molecule has 0 rings (SSSR count). The standard InChI is InChI=1S/C14H23NO2/c1-2-13(16)14(17)11-9-7-5-3-4-6-8-10-12-15/h3-4,7,9,13-14,16-17H,2,5-6,8,10-11H2,1H3/b4-3-,9-7-/t13-,14-/m1/s1. The normalized spacial score (nSPS) is 15.2. The molecule has 0 aliphatic heterocycles. The first-order chi connectivity index (χ1) is 8.22. The average molecular weight is 237 g/mol. The number of nitrogens with zero attached hydrogens (tertiary/aromatic N) is 1. The van der Waals surface area contributed by atoms with Gasteiger partial charge in [0.1, 0.15) is 0 Å². The van der Waals surface area contributed by atoms with E-state index in [1.54, 1.807) is 0 Å². The summed E-state index contributed by atoms with van der Waals surface area (Å²) in [5.41, 5.74) is 0. The van der Waals surface area contributed by atoms with Gasteiger partial charge in [0, 0.05) is 6.42 Å². The molecule has 17 heavy (non-hydrogen) atoms. The van der Waals surface area contributed by atoms with Gasteiger partial charge in [-0.25, -0.2) is 0 Å². The summed E-state index contributed by atoms with van der Waals surface area (Å²) in [7, 11) is 0. The van der Waals surface area contributed by atoms with E-state index in [0.717, 1.165) is 19.3 Å². The maximum Gasteiger partial charge on any atom is 0.0833 e. The molecule has 0 bridgehead atoms. The van der Waals surface area contributed by atoms with Gasteiger partial charge in [0.05, 0.1) is 18.3 Å². The van der Waals surface area contributed by atoms with Gasteiger partial charge in [0.2, 0.25) is 0 Å². The highest BCUT2D eigenvalue weighted by atomic mass is 16.3. The van der Waals surface area contributed by atoms with Crippen molar-refractivity contribution >= 4 is 0 Å². The van der Waals surface area contributed by atoms with Crippen LogP contribution in [0, 0.1) is 11.3 Å². The first-order valence-corrected chi connectivity index (χ1v) is 6.25. The summed E-state index contributed by atoms with van der Waals surface area (Å²) in [4.78, 5) is 0. The predicted octanol–water partition coefficient (Wildman–Crippen LogP) is 2.70. The van der Waals surface area contributed by atoms with Crippen LogP contribution in [0.25, 0.3) is 0 Å². The molecule has 0 aromatic heterocycles. The van der Waals surface area contributed by atoms with Crippen LogP contribution in [-0.2, 0) is 0 Å². The Morgan fingerprint density at radius 2 is 1.82 bits per heavy atom. The van der Waals surface area contributed by atoms with E-state index in [1.165, 1.54) is 0 Å². The van der Waals surface area contributed by atoms with Crippen LogP contribution in [-0.4, -0.2) is 22.4 Å². The highest BCUT2D eigenvalue weighted by Gasteiger charge is 2.11. The fourth-order valence-corrected chi connectivity index (χ4v) is 1.35. The first-order valence-electron chi connectivity index (χ1n) is 6.25. The van der Waals surface area contributed by atoms with Crippen LogP contribution in [0.1, 0.15) is 45.4 Å². The largest absolute Gasteiger partial charge is 0.390 e. The Balaban J connectivity index is 3.51. The molecular formula is C14H23NO2. The second-order valence-corrected chi connectivity index (χ2v) is 4.01. The monoisotopic (exact) mass is 237 g/mol. The molecule has 0 saturated carbocycles. The highest BCUT2D eigenvalue weighted by Crippen LogP contribution is 2.04. The fraction of sp³-hybridized carbons (Fsp3) is 0.643. The molecule has 96 valence electrons. The zero-order valence-electron chi connectivity index (χ0n) is 10.5. The second kappa shape index (κ2) is 11.4. The van der Waals surface area contributed by atoms with Gasteiger partial charge < -0.3 is 10.2 Å². The van der Waals surface area contributed by atoms with Crippen molar-refractivity contribution in [2.75, 3.05) is 0 Å².